The fraction of sp³-hybridized carbons (Fsp3) is 0.0769. The van der Waals surface area contributed by atoms with Crippen molar-refractivity contribution in [2.45, 2.75) is 6.61 Å². The van der Waals surface area contributed by atoms with Gasteiger partial charge in [-0.3, -0.25) is 0 Å². The molecule has 0 radical (unpaired) electrons. The van der Waals surface area contributed by atoms with E-state index in [-0.39, 0.29) is 12.3 Å². The maximum atomic E-state index is 13.4. The Hall–Kier alpha value is -1.81. The molecule has 0 saturated heterocycles. The van der Waals surface area contributed by atoms with Crippen LogP contribution in [0.4, 0.5) is 14.5 Å². The average molecular weight is 270 g/mol. The first kappa shape index (κ1) is 12.6. The lowest BCUT2D eigenvalue weighted by molar-refractivity contribution is 0.274. The normalized spacial score (nSPS) is 10.4. The van der Waals surface area contributed by atoms with Crippen molar-refractivity contribution in [2.24, 2.45) is 0 Å². The van der Waals surface area contributed by atoms with Gasteiger partial charge in [0.05, 0.1) is 0 Å². The third-order valence-electron chi connectivity index (χ3n) is 2.29. The van der Waals surface area contributed by atoms with E-state index in [9.17, 15) is 8.78 Å². The molecule has 0 spiro atoms. The Morgan fingerprint density at radius 1 is 1.11 bits per heavy atom. The number of hydrogen-bond donors (Lipinski definition) is 1. The third kappa shape index (κ3) is 2.90. The molecule has 0 amide bonds. The summed E-state index contributed by atoms with van der Waals surface area (Å²) in [5, 5.41) is 0.536. The quantitative estimate of drug-likeness (QED) is 0.861. The van der Waals surface area contributed by atoms with E-state index in [1.165, 1.54) is 0 Å². The Kier molecular flexibility index (Phi) is 3.67. The SMILES string of the molecule is Nc1cc(F)c(OCc2cccc(Cl)c2)c(F)c1. The molecule has 0 aliphatic rings. The van der Waals surface area contributed by atoms with E-state index in [0.29, 0.717) is 5.02 Å². The number of benzene rings is 2. The Bertz CT molecular complexity index is 552. The standard InChI is InChI=1S/C13H10ClF2NO/c14-9-3-1-2-8(4-9)7-18-13-11(15)5-10(17)6-12(13)16/h1-6H,7,17H2. The lowest BCUT2D eigenvalue weighted by atomic mass is 10.2. The van der Waals surface area contributed by atoms with E-state index < -0.39 is 17.4 Å². The molecule has 0 heterocycles. The third-order valence-corrected chi connectivity index (χ3v) is 2.53. The van der Waals surface area contributed by atoms with Crippen molar-refractivity contribution in [3.05, 3.63) is 58.6 Å². The second kappa shape index (κ2) is 5.23. The van der Waals surface area contributed by atoms with E-state index in [0.717, 1.165) is 17.7 Å². The first-order valence-corrected chi connectivity index (χ1v) is 5.56. The summed E-state index contributed by atoms with van der Waals surface area (Å²) < 4.78 is 31.9. The van der Waals surface area contributed by atoms with Crippen molar-refractivity contribution >= 4 is 17.3 Å². The van der Waals surface area contributed by atoms with Gasteiger partial charge in [0.25, 0.3) is 0 Å². The molecular formula is C13H10ClF2NO. The van der Waals surface area contributed by atoms with E-state index in [1.54, 1.807) is 24.3 Å². The van der Waals surface area contributed by atoms with Gasteiger partial charge in [-0.15, -0.1) is 0 Å². The predicted octanol–water partition coefficient (Wildman–Crippen LogP) is 3.78. The monoisotopic (exact) mass is 269 g/mol. The molecule has 18 heavy (non-hydrogen) atoms. The van der Waals surface area contributed by atoms with E-state index in [2.05, 4.69) is 0 Å². The van der Waals surface area contributed by atoms with Crippen LogP contribution in [0.5, 0.6) is 5.75 Å². The van der Waals surface area contributed by atoms with Gasteiger partial charge in [-0.1, -0.05) is 23.7 Å². The van der Waals surface area contributed by atoms with Gasteiger partial charge in [0.2, 0.25) is 0 Å². The number of rotatable bonds is 3. The Morgan fingerprint density at radius 2 is 1.78 bits per heavy atom. The zero-order valence-electron chi connectivity index (χ0n) is 9.29. The highest BCUT2D eigenvalue weighted by Gasteiger charge is 2.11. The lowest BCUT2D eigenvalue weighted by Crippen LogP contribution is -2.01. The largest absolute Gasteiger partial charge is 0.483 e. The topological polar surface area (TPSA) is 35.2 Å². The summed E-state index contributed by atoms with van der Waals surface area (Å²) in [7, 11) is 0. The molecule has 2 aromatic carbocycles. The van der Waals surface area contributed by atoms with Crippen molar-refractivity contribution < 1.29 is 13.5 Å². The van der Waals surface area contributed by atoms with Gasteiger partial charge in [-0.05, 0) is 17.7 Å². The molecule has 5 heteroatoms. The summed E-state index contributed by atoms with van der Waals surface area (Å²) in [6.45, 7) is 0.0261. The molecular weight excluding hydrogens is 260 g/mol. The van der Waals surface area contributed by atoms with Gasteiger partial charge >= 0.3 is 0 Å². The minimum absolute atomic E-state index is 0.0140. The number of nitrogen functional groups attached to an aromatic ring is 1. The number of anilines is 1. The van der Waals surface area contributed by atoms with Crippen LogP contribution in [0.2, 0.25) is 5.02 Å². The van der Waals surface area contributed by atoms with Gasteiger partial charge in [-0.25, -0.2) is 8.78 Å². The molecule has 0 aromatic heterocycles. The Balaban J connectivity index is 2.16. The maximum absolute atomic E-state index is 13.4. The minimum atomic E-state index is -0.825. The molecule has 0 aliphatic carbocycles. The van der Waals surface area contributed by atoms with Crippen LogP contribution in [0.15, 0.2) is 36.4 Å². The summed E-state index contributed by atoms with van der Waals surface area (Å²) in [4.78, 5) is 0. The zero-order valence-corrected chi connectivity index (χ0v) is 10.0. The highest BCUT2D eigenvalue weighted by Crippen LogP contribution is 2.25. The molecule has 2 aromatic rings. The van der Waals surface area contributed by atoms with Gasteiger partial charge < -0.3 is 10.5 Å². The fourth-order valence-electron chi connectivity index (χ4n) is 1.50. The molecule has 2 N–H and O–H groups in total. The number of hydrogen-bond acceptors (Lipinski definition) is 2. The van der Waals surface area contributed by atoms with Crippen LogP contribution < -0.4 is 10.5 Å². The van der Waals surface area contributed by atoms with Crippen LogP contribution in [0.25, 0.3) is 0 Å². The van der Waals surface area contributed by atoms with Gasteiger partial charge in [0.1, 0.15) is 6.61 Å². The molecule has 0 unspecified atom stereocenters. The first-order valence-electron chi connectivity index (χ1n) is 5.18. The predicted molar refractivity (Wildman–Crippen MR) is 66.6 cm³/mol. The molecule has 94 valence electrons. The van der Waals surface area contributed by atoms with E-state index >= 15 is 0 Å². The molecule has 0 fully saturated rings. The van der Waals surface area contributed by atoms with Gasteiger partial charge in [-0.2, -0.15) is 0 Å². The smallest absolute Gasteiger partial charge is 0.191 e. The summed E-state index contributed by atoms with van der Waals surface area (Å²) in [5.41, 5.74) is 6.04. The van der Waals surface area contributed by atoms with E-state index in [4.69, 9.17) is 22.1 Å². The summed E-state index contributed by atoms with van der Waals surface area (Å²) in [6.07, 6.45) is 0. The average Bonchev–Trinajstić information content (AvgIpc) is 2.27. The summed E-state index contributed by atoms with van der Waals surface area (Å²) >= 11 is 5.79. The summed E-state index contributed by atoms with van der Waals surface area (Å²) in [6, 6.07) is 8.87. The van der Waals surface area contributed by atoms with Crippen molar-refractivity contribution in [3.63, 3.8) is 0 Å². The van der Waals surface area contributed by atoms with Crippen LogP contribution in [0.3, 0.4) is 0 Å². The number of halogens is 3. The second-order valence-corrected chi connectivity index (χ2v) is 4.17. The highest BCUT2D eigenvalue weighted by molar-refractivity contribution is 6.30. The number of nitrogens with two attached hydrogens (primary N) is 1. The fourth-order valence-corrected chi connectivity index (χ4v) is 1.71. The summed E-state index contributed by atoms with van der Waals surface area (Å²) in [5.74, 6) is -2.09. The second-order valence-electron chi connectivity index (χ2n) is 3.73. The molecule has 2 rings (SSSR count). The van der Waals surface area contributed by atoms with Crippen LogP contribution in [-0.2, 0) is 6.61 Å². The molecule has 0 atom stereocenters. The molecule has 0 aliphatic heterocycles. The minimum Gasteiger partial charge on any atom is -0.483 e. The first-order chi connectivity index (χ1) is 8.56. The van der Waals surface area contributed by atoms with Crippen LogP contribution >= 0.6 is 11.6 Å². The molecule has 0 saturated carbocycles. The van der Waals surface area contributed by atoms with Gasteiger partial charge in [0, 0.05) is 22.8 Å². The Morgan fingerprint density at radius 3 is 2.39 bits per heavy atom. The molecule has 2 nitrogen and oxygen atoms in total. The zero-order chi connectivity index (χ0) is 13.1. The van der Waals surface area contributed by atoms with Crippen molar-refractivity contribution in [2.75, 3.05) is 5.73 Å². The maximum Gasteiger partial charge on any atom is 0.191 e. The van der Waals surface area contributed by atoms with Crippen molar-refractivity contribution in [1.82, 2.24) is 0 Å². The van der Waals surface area contributed by atoms with Crippen molar-refractivity contribution in [3.8, 4) is 5.75 Å². The number of ether oxygens (including phenoxy) is 1. The highest BCUT2D eigenvalue weighted by atomic mass is 35.5. The molecule has 0 bridgehead atoms. The Labute approximate surface area is 108 Å². The van der Waals surface area contributed by atoms with Crippen LogP contribution in [-0.4, -0.2) is 0 Å². The van der Waals surface area contributed by atoms with Gasteiger partial charge in [0.15, 0.2) is 17.4 Å². The van der Waals surface area contributed by atoms with Crippen LogP contribution in [0.1, 0.15) is 5.56 Å². The van der Waals surface area contributed by atoms with Crippen molar-refractivity contribution in [1.29, 1.82) is 0 Å². The lowest BCUT2D eigenvalue weighted by Gasteiger charge is -2.09. The van der Waals surface area contributed by atoms with Crippen LogP contribution in [0, 0.1) is 11.6 Å². The van der Waals surface area contributed by atoms with E-state index in [1.807, 2.05) is 0 Å².